The van der Waals surface area contributed by atoms with E-state index in [4.69, 9.17) is 4.74 Å². The molecule has 0 saturated heterocycles. The summed E-state index contributed by atoms with van der Waals surface area (Å²) >= 11 is 1.15. The quantitative estimate of drug-likeness (QED) is 0.552. The number of esters is 1. The van der Waals surface area contributed by atoms with E-state index in [-0.39, 0.29) is 24.1 Å². The molecule has 0 radical (unpaired) electrons. The summed E-state index contributed by atoms with van der Waals surface area (Å²) in [6, 6.07) is 10.5. The summed E-state index contributed by atoms with van der Waals surface area (Å²) in [4.78, 5) is 11.8. The molecular weight excluding hydrogens is 288 g/mol. The molecule has 1 aliphatic heterocycles. The highest BCUT2D eigenvalue weighted by Crippen LogP contribution is 2.42. The monoisotopic (exact) mass is 298 g/mol. The first kappa shape index (κ1) is 12.3. The third-order valence-electron chi connectivity index (χ3n) is 3.67. The number of phenols is 1. The van der Waals surface area contributed by atoms with Crippen molar-refractivity contribution in [2.75, 3.05) is 0 Å². The number of benzene rings is 2. The Morgan fingerprint density at radius 1 is 1.14 bits per heavy atom. The zero-order valence-electron chi connectivity index (χ0n) is 10.8. The number of aromatic hydroxyl groups is 1. The van der Waals surface area contributed by atoms with Crippen LogP contribution < -0.4 is 4.74 Å². The van der Waals surface area contributed by atoms with Crippen LogP contribution in [0.15, 0.2) is 36.4 Å². The molecule has 1 atom stereocenters. The summed E-state index contributed by atoms with van der Waals surface area (Å²) in [5.74, 6) is 0.355. The first-order chi connectivity index (χ1) is 10.2. The average molecular weight is 298 g/mol. The fourth-order valence-electron chi connectivity index (χ4n) is 2.70. The predicted octanol–water partition coefficient (Wildman–Crippen LogP) is 2.84. The summed E-state index contributed by atoms with van der Waals surface area (Å²) in [6.45, 7) is 0. The largest absolute Gasteiger partial charge is 0.508 e. The van der Waals surface area contributed by atoms with Crippen molar-refractivity contribution in [3.8, 4) is 11.5 Å². The van der Waals surface area contributed by atoms with E-state index in [1.165, 1.54) is 0 Å². The molecule has 6 heteroatoms. The molecule has 0 unspecified atom stereocenters. The van der Waals surface area contributed by atoms with Crippen LogP contribution in [-0.2, 0) is 4.79 Å². The third kappa shape index (κ3) is 1.95. The first-order valence-corrected chi connectivity index (χ1v) is 7.20. The Morgan fingerprint density at radius 2 is 1.95 bits per heavy atom. The van der Waals surface area contributed by atoms with Crippen LogP contribution in [0.4, 0.5) is 0 Å². The second kappa shape index (κ2) is 4.53. The van der Waals surface area contributed by atoms with E-state index in [1.807, 2.05) is 18.2 Å². The van der Waals surface area contributed by atoms with Gasteiger partial charge in [0.25, 0.3) is 0 Å². The van der Waals surface area contributed by atoms with Gasteiger partial charge in [0.2, 0.25) is 0 Å². The van der Waals surface area contributed by atoms with Crippen molar-refractivity contribution in [2.24, 2.45) is 0 Å². The SMILES string of the molecule is O=C1C[C@@H](c2ccc(O)cc2)c2c(ccc3nsnc23)O1. The molecule has 1 aromatic heterocycles. The van der Waals surface area contributed by atoms with Crippen LogP contribution in [0.1, 0.15) is 23.5 Å². The number of ether oxygens (including phenoxy) is 1. The molecule has 5 nitrogen and oxygen atoms in total. The molecule has 4 rings (SSSR count). The standard InChI is InChI=1S/C15H10N2O3S/c18-9-3-1-8(2-4-9)10-7-13(19)20-12-6-5-11-15(14(10)12)17-21-16-11/h1-6,10,18H,7H2/t10-/m0/s1. The van der Waals surface area contributed by atoms with E-state index >= 15 is 0 Å². The Hall–Kier alpha value is -2.47. The van der Waals surface area contributed by atoms with Gasteiger partial charge < -0.3 is 9.84 Å². The molecule has 104 valence electrons. The second-order valence-corrected chi connectivity index (χ2v) is 5.46. The molecule has 3 aromatic rings. The van der Waals surface area contributed by atoms with Crippen molar-refractivity contribution in [1.29, 1.82) is 0 Å². The van der Waals surface area contributed by atoms with Crippen LogP contribution in [0.3, 0.4) is 0 Å². The summed E-state index contributed by atoms with van der Waals surface area (Å²) in [5, 5.41) is 9.43. The van der Waals surface area contributed by atoms with Gasteiger partial charge in [-0.15, -0.1) is 0 Å². The van der Waals surface area contributed by atoms with Crippen molar-refractivity contribution >= 4 is 28.7 Å². The molecule has 0 amide bonds. The average Bonchev–Trinajstić information content (AvgIpc) is 2.95. The zero-order chi connectivity index (χ0) is 14.4. The van der Waals surface area contributed by atoms with Crippen LogP contribution in [0, 0.1) is 0 Å². The minimum Gasteiger partial charge on any atom is -0.508 e. The molecular formula is C15H10N2O3S. The number of nitrogens with zero attached hydrogens (tertiary/aromatic N) is 2. The number of hydrogen-bond donors (Lipinski definition) is 1. The smallest absolute Gasteiger partial charge is 0.312 e. The number of carbonyl (C=O) groups excluding carboxylic acids is 1. The van der Waals surface area contributed by atoms with Crippen LogP contribution >= 0.6 is 11.7 Å². The van der Waals surface area contributed by atoms with Crippen LogP contribution in [-0.4, -0.2) is 19.8 Å². The number of aromatic nitrogens is 2. The zero-order valence-corrected chi connectivity index (χ0v) is 11.6. The van der Waals surface area contributed by atoms with Gasteiger partial charge >= 0.3 is 5.97 Å². The molecule has 1 N–H and O–H groups in total. The predicted molar refractivity (Wildman–Crippen MR) is 77.6 cm³/mol. The van der Waals surface area contributed by atoms with Crippen LogP contribution in [0.5, 0.6) is 11.5 Å². The van der Waals surface area contributed by atoms with E-state index in [0.717, 1.165) is 33.9 Å². The lowest BCUT2D eigenvalue weighted by Gasteiger charge is -2.24. The van der Waals surface area contributed by atoms with Gasteiger partial charge in [0, 0.05) is 11.5 Å². The first-order valence-electron chi connectivity index (χ1n) is 6.47. The molecule has 0 saturated carbocycles. The molecule has 0 bridgehead atoms. The maximum absolute atomic E-state index is 11.8. The summed E-state index contributed by atoms with van der Waals surface area (Å²) in [6.07, 6.45) is 0.258. The Balaban J connectivity index is 1.95. The van der Waals surface area contributed by atoms with Gasteiger partial charge in [-0.3, -0.25) is 4.79 Å². The number of fused-ring (bicyclic) bond motifs is 3. The Bertz CT molecular complexity index is 842. The molecule has 0 fully saturated rings. The van der Waals surface area contributed by atoms with E-state index < -0.39 is 0 Å². The number of phenolic OH excluding ortho intramolecular Hbond substituents is 1. The molecule has 2 heterocycles. The minimum absolute atomic E-state index is 0.130. The molecule has 21 heavy (non-hydrogen) atoms. The fourth-order valence-corrected chi connectivity index (χ4v) is 3.25. The topological polar surface area (TPSA) is 72.3 Å². The molecule has 0 spiro atoms. The van der Waals surface area contributed by atoms with Gasteiger partial charge in [-0.25, -0.2) is 0 Å². The highest BCUT2D eigenvalue weighted by molar-refractivity contribution is 7.00. The number of carbonyl (C=O) groups is 1. The number of hydrogen-bond acceptors (Lipinski definition) is 6. The van der Waals surface area contributed by atoms with Gasteiger partial charge in [-0.2, -0.15) is 8.75 Å². The van der Waals surface area contributed by atoms with E-state index in [0.29, 0.717) is 5.75 Å². The van der Waals surface area contributed by atoms with Gasteiger partial charge in [0.15, 0.2) is 0 Å². The summed E-state index contributed by atoms with van der Waals surface area (Å²) in [7, 11) is 0. The van der Waals surface area contributed by atoms with E-state index in [2.05, 4.69) is 8.75 Å². The Kier molecular flexibility index (Phi) is 2.65. The van der Waals surface area contributed by atoms with Crippen molar-refractivity contribution < 1.29 is 14.6 Å². The summed E-state index contributed by atoms with van der Waals surface area (Å²) in [5.41, 5.74) is 3.43. The lowest BCUT2D eigenvalue weighted by molar-refractivity contribution is -0.135. The van der Waals surface area contributed by atoms with Gasteiger partial charge in [-0.05, 0) is 29.8 Å². The lowest BCUT2D eigenvalue weighted by atomic mass is 9.85. The van der Waals surface area contributed by atoms with Crippen LogP contribution in [0.2, 0.25) is 0 Å². The van der Waals surface area contributed by atoms with Crippen molar-refractivity contribution in [1.82, 2.24) is 8.75 Å². The second-order valence-electron chi connectivity index (χ2n) is 4.93. The van der Waals surface area contributed by atoms with Gasteiger partial charge in [-0.1, -0.05) is 12.1 Å². The highest BCUT2D eigenvalue weighted by Gasteiger charge is 2.31. The Morgan fingerprint density at radius 3 is 2.76 bits per heavy atom. The molecule has 0 aliphatic carbocycles. The van der Waals surface area contributed by atoms with Gasteiger partial charge in [0.05, 0.1) is 18.1 Å². The van der Waals surface area contributed by atoms with E-state index in [1.54, 1.807) is 18.2 Å². The maximum Gasteiger partial charge on any atom is 0.312 e. The molecule has 1 aliphatic rings. The van der Waals surface area contributed by atoms with Crippen LogP contribution in [0.25, 0.3) is 11.0 Å². The van der Waals surface area contributed by atoms with E-state index in [9.17, 15) is 9.90 Å². The third-order valence-corrected chi connectivity index (χ3v) is 4.21. The van der Waals surface area contributed by atoms with Crippen molar-refractivity contribution in [3.63, 3.8) is 0 Å². The Labute approximate surface area is 124 Å². The minimum atomic E-state index is -0.261. The van der Waals surface area contributed by atoms with Crippen molar-refractivity contribution in [3.05, 3.63) is 47.5 Å². The molecule has 2 aromatic carbocycles. The lowest BCUT2D eigenvalue weighted by Crippen LogP contribution is -2.21. The fraction of sp³-hybridized carbons (Fsp3) is 0.133. The van der Waals surface area contributed by atoms with Crippen molar-refractivity contribution in [2.45, 2.75) is 12.3 Å². The van der Waals surface area contributed by atoms with Gasteiger partial charge in [0.1, 0.15) is 22.5 Å². The summed E-state index contributed by atoms with van der Waals surface area (Å²) < 4.78 is 13.9. The highest BCUT2D eigenvalue weighted by atomic mass is 32.1. The normalized spacial score (nSPS) is 17.5. The number of rotatable bonds is 1. The maximum atomic E-state index is 11.8.